The van der Waals surface area contributed by atoms with Gasteiger partial charge in [-0.1, -0.05) is 29.5 Å². The molecular weight excluding hydrogens is 348 g/mol. The number of aromatic nitrogens is 3. The summed E-state index contributed by atoms with van der Waals surface area (Å²) in [4.78, 5) is 38.6. The normalized spacial score (nSPS) is 13.9. The number of carbonyl (C=O) groups excluding carboxylic acids is 2. The number of ether oxygens (including phenoxy) is 1. The number of carbonyl (C=O) groups is 2. The number of hydrogen-bond acceptors (Lipinski definition) is 6. The Balaban J connectivity index is 1.57. The van der Waals surface area contributed by atoms with Gasteiger partial charge < -0.3 is 9.64 Å². The van der Waals surface area contributed by atoms with Crippen molar-refractivity contribution in [2.75, 3.05) is 11.4 Å². The molecule has 0 spiro atoms. The maximum Gasteiger partial charge on any atom is 0.342 e. The summed E-state index contributed by atoms with van der Waals surface area (Å²) in [6.07, 6.45) is 1.22. The average molecular weight is 364 g/mol. The third-order valence-corrected chi connectivity index (χ3v) is 4.44. The first kappa shape index (κ1) is 16.9. The number of anilines is 1. The number of nitrogens with zero attached hydrogens (tertiary/aromatic N) is 4. The van der Waals surface area contributed by atoms with E-state index < -0.39 is 11.5 Å². The summed E-state index contributed by atoms with van der Waals surface area (Å²) in [7, 11) is 0. The van der Waals surface area contributed by atoms with Crippen molar-refractivity contribution in [1.82, 2.24) is 15.0 Å². The van der Waals surface area contributed by atoms with Crippen molar-refractivity contribution in [2.24, 2.45) is 0 Å². The molecule has 0 N–H and O–H groups in total. The lowest BCUT2D eigenvalue weighted by molar-refractivity contribution is -0.117. The van der Waals surface area contributed by atoms with Crippen molar-refractivity contribution in [1.29, 1.82) is 0 Å². The van der Waals surface area contributed by atoms with Gasteiger partial charge in [0, 0.05) is 13.0 Å². The van der Waals surface area contributed by atoms with Crippen LogP contribution in [0.2, 0.25) is 0 Å². The van der Waals surface area contributed by atoms with Crippen LogP contribution in [0.15, 0.2) is 53.3 Å². The molecule has 8 heteroatoms. The smallest absolute Gasteiger partial charge is 0.342 e. The van der Waals surface area contributed by atoms with Crippen molar-refractivity contribution >= 4 is 28.5 Å². The number of hydrogen-bond donors (Lipinski definition) is 0. The first-order valence-electron chi connectivity index (χ1n) is 8.54. The molecule has 1 aliphatic rings. The second-order valence-electron chi connectivity index (χ2n) is 6.14. The van der Waals surface area contributed by atoms with Gasteiger partial charge in [-0.15, -0.1) is 5.10 Å². The molecule has 2 heterocycles. The van der Waals surface area contributed by atoms with Crippen LogP contribution >= 0.6 is 0 Å². The zero-order valence-corrected chi connectivity index (χ0v) is 14.4. The third-order valence-electron chi connectivity index (χ3n) is 4.44. The fourth-order valence-corrected chi connectivity index (χ4v) is 3.09. The van der Waals surface area contributed by atoms with Gasteiger partial charge in [0.2, 0.25) is 5.91 Å². The Morgan fingerprint density at radius 2 is 1.85 bits per heavy atom. The molecule has 0 radical (unpaired) electrons. The Kier molecular flexibility index (Phi) is 4.37. The lowest BCUT2D eigenvalue weighted by Crippen LogP contribution is -2.28. The predicted octanol–water partition coefficient (Wildman–Crippen LogP) is 1.73. The molecule has 1 saturated heterocycles. The van der Waals surface area contributed by atoms with Crippen molar-refractivity contribution in [2.45, 2.75) is 19.6 Å². The van der Waals surface area contributed by atoms with Crippen molar-refractivity contribution in [3.63, 3.8) is 0 Å². The van der Waals surface area contributed by atoms with Crippen molar-refractivity contribution < 1.29 is 14.3 Å². The molecule has 0 unspecified atom stereocenters. The highest BCUT2D eigenvalue weighted by atomic mass is 16.5. The fraction of sp³-hybridized carbons (Fsp3) is 0.211. The molecule has 1 fully saturated rings. The summed E-state index contributed by atoms with van der Waals surface area (Å²) in [5.74, 6) is -0.654. The monoisotopic (exact) mass is 364 g/mol. The molecule has 2 aromatic carbocycles. The largest absolute Gasteiger partial charge is 0.438 e. The first-order valence-corrected chi connectivity index (χ1v) is 8.54. The van der Waals surface area contributed by atoms with Crippen LogP contribution in [0.3, 0.4) is 0 Å². The summed E-state index contributed by atoms with van der Waals surface area (Å²) in [6, 6.07) is 13.6. The number of para-hydroxylation sites is 1. The van der Waals surface area contributed by atoms with E-state index in [4.69, 9.17) is 4.74 Å². The van der Waals surface area contributed by atoms with Crippen LogP contribution in [-0.2, 0) is 16.3 Å². The second-order valence-corrected chi connectivity index (χ2v) is 6.14. The van der Waals surface area contributed by atoms with Gasteiger partial charge in [-0.05, 0) is 30.7 Å². The van der Waals surface area contributed by atoms with Crippen LogP contribution in [0.25, 0.3) is 10.9 Å². The lowest BCUT2D eigenvalue weighted by Gasteiger charge is -2.18. The molecule has 0 saturated carbocycles. The minimum Gasteiger partial charge on any atom is -0.438 e. The third kappa shape index (κ3) is 3.17. The molecule has 136 valence electrons. The first-order chi connectivity index (χ1) is 13.1. The number of rotatable bonds is 4. The molecule has 3 aromatic rings. The maximum absolute atomic E-state index is 12.6. The van der Waals surface area contributed by atoms with Gasteiger partial charge in [0.15, 0.2) is 6.73 Å². The van der Waals surface area contributed by atoms with Gasteiger partial charge in [0.1, 0.15) is 5.52 Å². The Bertz CT molecular complexity index is 1090. The van der Waals surface area contributed by atoms with E-state index in [9.17, 15) is 14.4 Å². The zero-order valence-electron chi connectivity index (χ0n) is 14.4. The van der Waals surface area contributed by atoms with E-state index in [1.807, 2.05) is 0 Å². The minimum absolute atomic E-state index is 0.0214. The number of fused-ring (bicyclic) bond motifs is 1. The van der Waals surface area contributed by atoms with Gasteiger partial charge in [0.25, 0.3) is 5.56 Å². The summed E-state index contributed by atoms with van der Waals surface area (Å²) in [5.41, 5.74) is 0.871. The second kappa shape index (κ2) is 6.99. The van der Waals surface area contributed by atoms with Gasteiger partial charge in [-0.2, -0.15) is 4.68 Å². The zero-order chi connectivity index (χ0) is 18.8. The van der Waals surface area contributed by atoms with E-state index >= 15 is 0 Å². The highest BCUT2D eigenvalue weighted by Gasteiger charge is 2.26. The van der Waals surface area contributed by atoms with Crippen LogP contribution in [0.4, 0.5) is 5.69 Å². The van der Waals surface area contributed by atoms with E-state index in [1.165, 1.54) is 0 Å². The van der Waals surface area contributed by atoms with Crippen molar-refractivity contribution in [3.05, 3.63) is 64.4 Å². The van der Waals surface area contributed by atoms with E-state index in [2.05, 4.69) is 10.3 Å². The summed E-state index contributed by atoms with van der Waals surface area (Å²) < 4.78 is 6.25. The van der Waals surface area contributed by atoms with E-state index in [0.717, 1.165) is 11.1 Å². The Hall–Kier alpha value is -3.55. The van der Waals surface area contributed by atoms with E-state index in [1.54, 1.807) is 53.4 Å². The highest BCUT2D eigenvalue weighted by molar-refractivity contribution is 6.03. The van der Waals surface area contributed by atoms with Crippen molar-refractivity contribution in [3.8, 4) is 0 Å². The lowest BCUT2D eigenvalue weighted by atomic mass is 10.1. The SMILES string of the molecule is O=C(OCn1nnc2ccccc2c1=O)c1ccccc1N1CCCC1=O. The molecule has 1 aliphatic heterocycles. The van der Waals surface area contributed by atoms with Crippen LogP contribution < -0.4 is 10.5 Å². The van der Waals surface area contributed by atoms with E-state index in [0.29, 0.717) is 29.6 Å². The van der Waals surface area contributed by atoms with Crippen LogP contribution in [0.5, 0.6) is 0 Å². The summed E-state index contributed by atoms with van der Waals surface area (Å²) in [5, 5.41) is 8.14. The Labute approximate surface area is 154 Å². The Morgan fingerprint density at radius 1 is 1.07 bits per heavy atom. The molecule has 0 aliphatic carbocycles. The number of amides is 1. The quantitative estimate of drug-likeness (QED) is 0.655. The van der Waals surface area contributed by atoms with Gasteiger partial charge in [-0.3, -0.25) is 9.59 Å². The minimum atomic E-state index is -0.632. The summed E-state index contributed by atoms with van der Waals surface area (Å²) in [6.45, 7) is 0.205. The Morgan fingerprint density at radius 3 is 2.67 bits per heavy atom. The maximum atomic E-state index is 12.6. The van der Waals surface area contributed by atoms with Crippen LogP contribution in [0.1, 0.15) is 23.2 Å². The molecule has 27 heavy (non-hydrogen) atoms. The fourth-order valence-electron chi connectivity index (χ4n) is 3.09. The number of esters is 1. The van der Waals surface area contributed by atoms with Crippen LogP contribution in [-0.4, -0.2) is 33.4 Å². The van der Waals surface area contributed by atoms with E-state index in [-0.39, 0.29) is 18.2 Å². The molecule has 4 rings (SSSR count). The molecule has 0 atom stereocenters. The van der Waals surface area contributed by atoms with Gasteiger partial charge in [0.05, 0.1) is 16.6 Å². The molecule has 0 bridgehead atoms. The topological polar surface area (TPSA) is 94.4 Å². The summed E-state index contributed by atoms with van der Waals surface area (Å²) >= 11 is 0. The van der Waals surface area contributed by atoms with Gasteiger partial charge >= 0.3 is 5.97 Å². The average Bonchev–Trinajstić information content (AvgIpc) is 3.13. The van der Waals surface area contributed by atoms with Crippen LogP contribution in [0, 0.1) is 0 Å². The molecule has 8 nitrogen and oxygen atoms in total. The standard InChI is InChI=1S/C19H16N4O4/c24-17-10-5-11-22(17)16-9-4-2-7-14(16)19(26)27-12-23-18(25)13-6-1-3-8-15(13)20-21-23/h1-4,6-9H,5,10-12H2. The molecule has 1 amide bonds. The molecule has 1 aromatic heterocycles. The number of benzene rings is 2. The highest BCUT2D eigenvalue weighted by Crippen LogP contribution is 2.26. The van der Waals surface area contributed by atoms with Gasteiger partial charge in [-0.25, -0.2) is 4.79 Å². The predicted molar refractivity (Wildman–Crippen MR) is 97.2 cm³/mol. The molecular formula is C19H16N4O4.